The SMILES string of the molecule is O=C(Nc1cc(Br)ccc1F)[C@@H]1CCCNC1. The Hall–Kier alpha value is -0.940. The average Bonchev–Trinajstić information content (AvgIpc) is 2.35. The second-order valence-corrected chi connectivity index (χ2v) is 5.07. The maximum Gasteiger partial charge on any atom is 0.228 e. The van der Waals surface area contributed by atoms with Crippen LogP contribution < -0.4 is 10.6 Å². The summed E-state index contributed by atoms with van der Waals surface area (Å²) < 4.78 is 14.2. The van der Waals surface area contributed by atoms with Gasteiger partial charge in [0, 0.05) is 11.0 Å². The third kappa shape index (κ3) is 3.26. The predicted molar refractivity (Wildman–Crippen MR) is 68.3 cm³/mol. The Balaban J connectivity index is 2.04. The zero-order chi connectivity index (χ0) is 12.3. The maximum absolute atomic E-state index is 13.4. The summed E-state index contributed by atoms with van der Waals surface area (Å²) >= 11 is 3.25. The lowest BCUT2D eigenvalue weighted by Gasteiger charge is -2.22. The largest absolute Gasteiger partial charge is 0.323 e. The number of hydrogen-bond donors (Lipinski definition) is 2. The minimum absolute atomic E-state index is 0.0675. The van der Waals surface area contributed by atoms with Crippen LogP contribution in [0.2, 0.25) is 0 Å². The number of rotatable bonds is 2. The number of carbonyl (C=O) groups is 1. The third-order valence-corrected chi connectivity index (χ3v) is 3.35. The summed E-state index contributed by atoms with van der Waals surface area (Å²) in [5.74, 6) is -0.596. The molecule has 0 saturated carbocycles. The number of halogens is 2. The number of nitrogens with one attached hydrogen (secondary N) is 2. The molecule has 1 heterocycles. The molecule has 17 heavy (non-hydrogen) atoms. The van der Waals surface area contributed by atoms with Crippen molar-refractivity contribution in [3.63, 3.8) is 0 Å². The number of amides is 1. The van der Waals surface area contributed by atoms with Crippen LogP contribution >= 0.6 is 15.9 Å². The number of benzene rings is 1. The zero-order valence-electron chi connectivity index (χ0n) is 9.30. The molecular formula is C12H14BrFN2O. The van der Waals surface area contributed by atoms with Crippen LogP contribution in [0.5, 0.6) is 0 Å². The number of piperidine rings is 1. The molecule has 2 N–H and O–H groups in total. The van der Waals surface area contributed by atoms with Gasteiger partial charge in [0.05, 0.1) is 11.6 Å². The van der Waals surface area contributed by atoms with Crippen molar-refractivity contribution in [1.82, 2.24) is 5.32 Å². The van der Waals surface area contributed by atoms with Gasteiger partial charge < -0.3 is 10.6 Å². The molecule has 0 aliphatic carbocycles. The summed E-state index contributed by atoms with van der Waals surface area (Å²) in [4.78, 5) is 11.9. The monoisotopic (exact) mass is 300 g/mol. The van der Waals surface area contributed by atoms with Gasteiger partial charge in [0.15, 0.2) is 0 Å². The van der Waals surface area contributed by atoms with E-state index in [1.54, 1.807) is 12.1 Å². The lowest BCUT2D eigenvalue weighted by Crippen LogP contribution is -2.37. The Morgan fingerprint density at radius 2 is 2.35 bits per heavy atom. The van der Waals surface area contributed by atoms with Gasteiger partial charge in [0.25, 0.3) is 0 Å². The molecule has 1 aromatic carbocycles. The van der Waals surface area contributed by atoms with E-state index in [-0.39, 0.29) is 17.5 Å². The van der Waals surface area contributed by atoms with Crippen LogP contribution in [0.25, 0.3) is 0 Å². The highest BCUT2D eigenvalue weighted by Crippen LogP contribution is 2.21. The van der Waals surface area contributed by atoms with Gasteiger partial charge in [-0.15, -0.1) is 0 Å². The molecule has 5 heteroatoms. The van der Waals surface area contributed by atoms with Crippen molar-refractivity contribution < 1.29 is 9.18 Å². The molecule has 1 aromatic rings. The van der Waals surface area contributed by atoms with Crippen LogP contribution in [-0.4, -0.2) is 19.0 Å². The first-order chi connectivity index (χ1) is 8.16. The molecule has 0 unspecified atom stereocenters. The molecule has 0 aromatic heterocycles. The summed E-state index contributed by atoms with van der Waals surface area (Å²) in [6.45, 7) is 1.62. The quantitative estimate of drug-likeness (QED) is 0.881. The third-order valence-electron chi connectivity index (χ3n) is 2.85. The van der Waals surface area contributed by atoms with Crippen LogP contribution in [0, 0.1) is 11.7 Å². The predicted octanol–water partition coefficient (Wildman–Crippen LogP) is 2.53. The Morgan fingerprint density at radius 3 is 3.06 bits per heavy atom. The van der Waals surface area contributed by atoms with Gasteiger partial charge in [0.2, 0.25) is 5.91 Å². The average molecular weight is 301 g/mol. The second-order valence-electron chi connectivity index (χ2n) is 4.16. The molecule has 0 spiro atoms. The van der Waals surface area contributed by atoms with Crippen LogP contribution in [0.1, 0.15) is 12.8 Å². The van der Waals surface area contributed by atoms with Gasteiger partial charge in [-0.25, -0.2) is 4.39 Å². The van der Waals surface area contributed by atoms with E-state index in [0.717, 1.165) is 23.9 Å². The standard InChI is InChI=1S/C12H14BrFN2O/c13-9-3-4-10(14)11(6-9)16-12(17)8-2-1-5-15-7-8/h3-4,6,8,15H,1-2,5,7H2,(H,16,17)/t8-/m1/s1. The minimum Gasteiger partial charge on any atom is -0.323 e. The van der Waals surface area contributed by atoms with E-state index >= 15 is 0 Å². The van der Waals surface area contributed by atoms with Crippen molar-refractivity contribution in [2.75, 3.05) is 18.4 Å². The number of hydrogen-bond acceptors (Lipinski definition) is 2. The van der Waals surface area contributed by atoms with Crippen LogP contribution in [0.15, 0.2) is 22.7 Å². The molecule has 1 atom stereocenters. The fourth-order valence-electron chi connectivity index (χ4n) is 1.90. The Labute approximate surface area is 108 Å². The summed E-state index contributed by atoms with van der Waals surface area (Å²) in [6.07, 6.45) is 1.84. The first-order valence-corrected chi connectivity index (χ1v) is 6.43. The molecule has 3 nitrogen and oxygen atoms in total. The van der Waals surface area contributed by atoms with Gasteiger partial charge in [0.1, 0.15) is 5.82 Å². The van der Waals surface area contributed by atoms with E-state index in [4.69, 9.17) is 0 Å². The first-order valence-electron chi connectivity index (χ1n) is 5.63. The maximum atomic E-state index is 13.4. The van der Waals surface area contributed by atoms with Gasteiger partial charge in [-0.05, 0) is 37.6 Å². The molecule has 1 aliphatic heterocycles. The lowest BCUT2D eigenvalue weighted by molar-refractivity contribution is -0.120. The molecule has 0 bridgehead atoms. The van der Waals surface area contributed by atoms with Crippen LogP contribution in [0.4, 0.5) is 10.1 Å². The van der Waals surface area contributed by atoms with Gasteiger partial charge in [-0.3, -0.25) is 4.79 Å². The summed E-state index contributed by atoms with van der Waals surface area (Å²) in [5.41, 5.74) is 0.231. The van der Waals surface area contributed by atoms with E-state index < -0.39 is 5.82 Å². The zero-order valence-corrected chi connectivity index (χ0v) is 10.9. The van der Waals surface area contributed by atoms with Crippen molar-refractivity contribution in [2.24, 2.45) is 5.92 Å². The molecule has 1 aliphatic rings. The molecule has 1 fully saturated rings. The summed E-state index contributed by atoms with van der Waals surface area (Å²) in [7, 11) is 0. The van der Waals surface area contributed by atoms with Crippen molar-refractivity contribution in [2.45, 2.75) is 12.8 Å². The van der Waals surface area contributed by atoms with Gasteiger partial charge in [-0.2, -0.15) is 0 Å². The molecule has 2 rings (SSSR count). The lowest BCUT2D eigenvalue weighted by atomic mass is 9.99. The Morgan fingerprint density at radius 1 is 1.53 bits per heavy atom. The van der Waals surface area contributed by atoms with Crippen LogP contribution in [-0.2, 0) is 4.79 Å². The first kappa shape index (κ1) is 12.5. The number of anilines is 1. The normalized spacial score (nSPS) is 20.0. The second kappa shape index (κ2) is 5.60. The van der Waals surface area contributed by atoms with E-state index in [0.29, 0.717) is 6.54 Å². The van der Waals surface area contributed by atoms with E-state index in [9.17, 15) is 9.18 Å². The molecule has 1 amide bonds. The highest BCUT2D eigenvalue weighted by atomic mass is 79.9. The molecular weight excluding hydrogens is 287 g/mol. The highest BCUT2D eigenvalue weighted by molar-refractivity contribution is 9.10. The van der Waals surface area contributed by atoms with E-state index in [1.165, 1.54) is 6.07 Å². The molecule has 1 saturated heterocycles. The van der Waals surface area contributed by atoms with Crippen molar-refractivity contribution in [3.05, 3.63) is 28.5 Å². The number of carbonyl (C=O) groups excluding carboxylic acids is 1. The Bertz CT molecular complexity index is 419. The summed E-state index contributed by atoms with van der Waals surface area (Å²) in [6, 6.07) is 4.51. The van der Waals surface area contributed by atoms with E-state index in [1.807, 2.05) is 0 Å². The smallest absolute Gasteiger partial charge is 0.228 e. The van der Waals surface area contributed by atoms with Crippen molar-refractivity contribution in [3.8, 4) is 0 Å². The van der Waals surface area contributed by atoms with Crippen molar-refractivity contribution >= 4 is 27.5 Å². The molecule has 92 valence electrons. The fraction of sp³-hybridized carbons (Fsp3) is 0.417. The van der Waals surface area contributed by atoms with E-state index in [2.05, 4.69) is 26.6 Å². The van der Waals surface area contributed by atoms with Gasteiger partial charge in [-0.1, -0.05) is 15.9 Å². The minimum atomic E-state index is -0.412. The van der Waals surface area contributed by atoms with Crippen molar-refractivity contribution in [1.29, 1.82) is 0 Å². The topological polar surface area (TPSA) is 41.1 Å². The highest BCUT2D eigenvalue weighted by Gasteiger charge is 2.21. The fourth-order valence-corrected chi connectivity index (χ4v) is 2.26. The molecule has 0 radical (unpaired) electrons. The Kier molecular flexibility index (Phi) is 4.12. The van der Waals surface area contributed by atoms with Gasteiger partial charge >= 0.3 is 0 Å². The summed E-state index contributed by atoms with van der Waals surface area (Å²) in [5, 5.41) is 5.80. The van der Waals surface area contributed by atoms with Crippen LogP contribution in [0.3, 0.4) is 0 Å².